The Balaban J connectivity index is 1.61. The van der Waals surface area contributed by atoms with Crippen molar-refractivity contribution in [3.05, 3.63) is 65.0 Å². The highest BCUT2D eigenvalue weighted by molar-refractivity contribution is 5.95. The first kappa shape index (κ1) is 17.5. The van der Waals surface area contributed by atoms with Crippen molar-refractivity contribution in [2.75, 3.05) is 6.54 Å². The van der Waals surface area contributed by atoms with E-state index in [1.165, 1.54) is 36.8 Å². The van der Waals surface area contributed by atoms with Gasteiger partial charge in [-0.3, -0.25) is 9.48 Å². The molecular weight excluding hydrogens is 310 g/mol. The first-order valence-corrected chi connectivity index (χ1v) is 9.32. The highest BCUT2D eigenvalue weighted by atomic mass is 16.1. The summed E-state index contributed by atoms with van der Waals surface area (Å²) in [6, 6.07) is 10.2. The fourth-order valence-corrected chi connectivity index (χ4v) is 3.43. The number of allylic oxidation sites excluding steroid dienone is 1. The number of benzene rings is 1. The van der Waals surface area contributed by atoms with E-state index >= 15 is 0 Å². The Kier molecular flexibility index (Phi) is 6.04. The van der Waals surface area contributed by atoms with Crippen molar-refractivity contribution in [1.29, 1.82) is 0 Å². The predicted octanol–water partition coefficient (Wildman–Crippen LogP) is 4.11. The molecule has 1 heterocycles. The molecule has 3 rings (SSSR count). The van der Waals surface area contributed by atoms with Crippen LogP contribution in [0, 0.1) is 0 Å². The molecule has 0 atom stereocenters. The Bertz CT molecular complexity index is 731. The van der Waals surface area contributed by atoms with Gasteiger partial charge in [-0.25, -0.2) is 0 Å². The number of carbonyl (C=O) groups is 1. The maximum atomic E-state index is 12.5. The molecule has 0 bridgehead atoms. The molecule has 2 aromatic rings. The second kappa shape index (κ2) is 8.65. The van der Waals surface area contributed by atoms with E-state index in [0.29, 0.717) is 18.7 Å². The van der Waals surface area contributed by atoms with Crippen molar-refractivity contribution in [3.63, 3.8) is 0 Å². The minimum Gasteiger partial charge on any atom is -0.352 e. The van der Waals surface area contributed by atoms with E-state index in [0.717, 1.165) is 18.5 Å². The lowest BCUT2D eigenvalue weighted by Gasteiger charge is -2.13. The summed E-state index contributed by atoms with van der Waals surface area (Å²) in [5.41, 5.74) is 4.38. The molecule has 0 saturated carbocycles. The van der Waals surface area contributed by atoms with Crippen molar-refractivity contribution in [1.82, 2.24) is 15.1 Å². The quantitative estimate of drug-likeness (QED) is 0.773. The SMILES string of the molecule is CCc1c(C(=O)NCCC2=CCCCC2)cnn1Cc1ccccc1. The van der Waals surface area contributed by atoms with Gasteiger partial charge < -0.3 is 5.32 Å². The summed E-state index contributed by atoms with van der Waals surface area (Å²) in [6.45, 7) is 3.48. The van der Waals surface area contributed by atoms with E-state index in [2.05, 4.69) is 35.5 Å². The van der Waals surface area contributed by atoms with Crippen LogP contribution in [-0.2, 0) is 13.0 Å². The number of carbonyl (C=O) groups excluding carboxylic acids is 1. The van der Waals surface area contributed by atoms with Crippen LogP contribution in [0.4, 0.5) is 0 Å². The van der Waals surface area contributed by atoms with Crippen LogP contribution in [-0.4, -0.2) is 22.2 Å². The number of aromatic nitrogens is 2. The van der Waals surface area contributed by atoms with Gasteiger partial charge in [-0.15, -0.1) is 0 Å². The number of hydrogen-bond acceptors (Lipinski definition) is 2. The van der Waals surface area contributed by atoms with Gasteiger partial charge in [0.15, 0.2) is 0 Å². The number of hydrogen-bond donors (Lipinski definition) is 1. The van der Waals surface area contributed by atoms with Crippen LogP contribution >= 0.6 is 0 Å². The smallest absolute Gasteiger partial charge is 0.254 e. The van der Waals surface area contributed by atoms with E-state index in [-0.39, 0.29) is 5.91 Å². The Hall–Kier alpha value is -2.36. The first-order chi connectivity index (χ1) is 12.3. The van der Waals surface area contributed by atoms with Crippen molar-refractivity contribution >= 4 is 5.91 Å². The lowest BCUT2D eigenvalue weighted by molar-refractivity contribution is 0.0953. The van der Waals surface area contributed by atoms with Gasteiger partial charge in [-0.05, 0) is 44.1 Å². The topological polar surface area (TPSA) is 46.9 Å². The van der Waals surface area contributed by atoms with Crippen LogP contribution < -0.4 is 5.32 Å². The molecule has 1 aliphatic rings. The van der Waals surface area contributed by atoms with Gasteiger partial charge in [0.2, 0.25) is 0 Å². The fraction of sp³-hybridized carbons (Fsp3) is 0.429. The molecule has 1 aromatic carbocycles. The standard InChI is InChI=1S/C21H27N3O/c1-2-20-19(15-23-24(20)16-18-11-7-4-8-12-18)21(25)22-14-13-17-9-5-3-6-10-17/h4,7-9,11-12,15H,2-3,5-6,10,13-14,16H2,1H3,(H,22,25). The molecule has 25 heavy (non-hydrogen) atoms. The van der Waals surface area contributed by atoms with Crippen LogP contribution in [0.15, 0.2) is 48.2 Å². The molecule has 0 aliphatic heterocycles. The second-order valence-electron chi connectivity index (χ2n) is 6.62. The van der Waals surface area contributed by atoms with E-state index in [1.54, 1.807) is 6.20 Å². The maximum Gasteiger partial charge on any atom is 0.254 e. The maximum absolute atomic E-state index is 12.5. The highest BCUT2D eigenvalue weighted by Gasteiger charge is 2.16. The van der Waals surface area contributed by atoms with Crippen LogP contribution in [0.5, 0.6) is 0 Å². The molecule has 0 radical (unpaired) electrons. The van der Waals surface area contributed by atoms with E-state index in [4.69, 9.17) is 0 Å². The van der Waals surface area contributed by atoms with Gasteiger partial charge in [-0.2, -0.15) is 5.10 Å². The number of nitrogens with zero attached hydrogens (tertiary/aromatic N) is 2. The lowest BCUT2D eigenvalue weighted by Crippen LogP contribution is -2.25. The third-order valence-corrected chi connectivity index (χ3v) is 4.82. The molecule has 0 unspecified atom stereocenters. The highest BCUT2D eigenvalue weighted by Crippen LogP contribution is 2.19. The van der Waals surface area contributed by atoms with E-state index in [9.17, 15) is 4.79 Å². The minimum atomic E-state index is -0.00688. The first-order valence-electron chi connectivity index (χ1n) is 9.32. The molecule has 0 saturated heterocycles. The third kappa shape index (κ3) is 4.59. The Morgan fingerprint density at radius 1 is 1.24 bits per heavy atom. The van der Waals surface area contributed by atoms with Crippen molar-refractivity contribution in [2.24, 2.45) is 0 Å². The fourth-order valence-electron chi connectivity index (χ4n) is 3.43. The molecule has 0 fully saturated rings. The average Bonchev–Trinajstić information content (AvgIpc) is 3.06. The van der Waals surface area contributed by atoms with Gasteiger partial charge in [-0.1, -0.05) is 48.9 Å². The largest absolute Gasteiger partial charge is 0.352 e. The third-order valence-electron chi connectivity index (χ3n) is 4.82. The van der Waals surface area contributed by atoms with Gasteiger partial charge >= 0.3 is 0 Å². The van der Waals surface area contributed by atoms with Crippen LogP contribution in [0.2, 0.25) is 0 Å². The molecule has 1 aliphatic carbocycles. The number of rotatable bonds is 7. The zero-order valence-electron chi connectivity index (χ0n) is 15.0. The molecule has 132 valence electrons. The predicted molar refractivity (Wildman–Crippen MR) is 101 cm³/mol. The Labute approximate surface area is 149 Å². The zero-order valence-corrected chi connectivity index (χ0v) is 15.0. The van der Waals surface area contributed by atoms with Crippen molar-refractivity contribution in [3.8, 4) is 0 Å². The summed E-state index contributed by atoms with van der Waals surface area (Å²) < 4.78 is 1.94. The monoisotopic (exact) mass is 337 g/mol. The van der Waals surface area contributed by atoms with Gasteiger partial charge in [0.05, 0.1) is 24.0 Å². The summed E-state index contributed by atoms with van der Waals surface area (Å²) in [6.07, 6.45) is 10.8. The van der Waals surface area contributed by atoms with E-state index < -0.39 is 0 Å². The summed E-state index contributed by atoms with van der Waals surface area (Å²) in [5, 5.41) is 7.51. The molecule has 4 nitrogen and oxygen atoms in total. The summed E-state index contributed by atoms with van der Waals surface area (Å²) >= 11 is 0. The normalized spacial score (nSPS) is 14.2. The van der Waals surface area contributed by atoms with Crippen LogP contribution in [0.1, 0.15) is 60.6 Å². The van der Waals surface area contributed by atoms with E-state index in [1.807, 2.05) is 22.9 Å². The lowest BCUT2D eigenvalue weighted by atomic mass is 9.97. The average molecular weight is 337 g/mol. The number of nitrogens with one attached hydrogen (secondary N) is 1. The summed E-state index contributed by atoms with van der Waals surface area (Å²) in [7, 11) is 0. The molecule has 1 amide bonds. The van der Waals surface area contributed by atoms with Crippen LogP contribution in [0.25, 0.3) is 0 Å². The molecule has 1 aromatic heterocycles. The molecule has 1 N–H and O–H groups in total. The Morgan fingerprint density at radius 3 is 2.80 bits per heavy atom. The minimum absolute atomic E-state index is 0.00688. The Morgan fingerprint density at radius 2 is 2.08 bits per heavy atom. The van der Waals surface area contributed by atoms with Gasteiger partial charge in [0.25, 0.3) is 5.91 Å². The van der Waals surface area contributed by atoms with Crippen LogP contribution in [0.3, 0.4) is 0 Å². The van der Waals surface area contributed by atoms with Crippen molar-refractivity contribution < 1.29 is 4.79 Å². The summed E-state index contributed by atoms with van der Waals surface area (Å²) in [4.78, 5) is 12.5. The molecular formula is C21H27N3O. The molecule has 0 spiro atoms. The molecule has 4 heteroatoms. The zero-order chi connectivity index (χ0) is 17.5. The van der Waals surface area contributed by atoms with Crippen molar-refractivity contribution in [2.45, 2.75) is 52.0 Å². The van der Waals surface area contributed by atoms with Gasteiger partial charge in [0.1, 0.15) is 0 Å². The van der Waals surface area contributed by atoms with Gasteiger partial charge in [0, 0.05) is 6.54 Å². The summed E-state index contributed by atoms with van der Waals surface area (Å²) in [5.74, 6) is -0.00688. The second-order valence-corrected chi connectivity index (χ2v) is 6.62. The number of amides is 1.